The van der Waals surface area contributed by atoms with Crippen molar-refractivity contribution in [1.29, 1.82) is 5.26 Å². The summed E-state index contributed by atoms with van der Waals surface area (Å²) in [5.74, 6) is 0.511. The molecule has 3 rings (SSSR count). The van der Waals surface area contributed by atoms with E-state index >= 15 is 0 Å². The lowest BCUT2D eigenvalue weighted by atomic mass is 9.83. The molecule has 0 aromatic heterocycles. The molecular weight excluding hydrogens is 280 g/mol. The molecule has 1 atom stereocenters. The summed E-state index contributed by atoms with van der Waals surface area (Å²) in [5.41, 5.74) is 4.39. The number of halogens is 1. The van der Waals surface area contributed by atoms with Crippen LogP contribution in [-0.4, -0.2) is 6.54 Å². The lowest BCUT2D eigenvalue weighted by Crippen LogP contribution is -2.18. The van der Waals surface area contributed by atoms with Gasteiger partial charge in [0.2, 0.25) is 0 Å². The molecule has 106 valence electrons. The first-order valence-corrected chi connectivity index (χ1v) is 7.67. The Labute approximate surface area is 130 Å². The van der Waals surface area contributed by atoms with Gasteiger partial charge in [0.25, 0.3) is 0 Å². The summed E-state index contributed by atoms with van der Waals surface area (Å²) in [4.78, 5) is 0. The zero-order valence-electron chi connectivity index (χ0n) is 11.8. The van der Waals surface area contributed by atoms with Gasteiger partial charge >= 0.3 is 0 Å². The highest BCUT2D eigenvalue weighted by molar-refractivity contribution is 6.33. The number of aryl methyl sites for hydroxylation is 1. The lowest BCUT2D eigenvalue weighted by Gasteiger charge is -2.26. The zero-order valence-corrected chi connectivity index (χ0v) is 12.5. The van der Waals surface area contributed by atoms with Gasteiger partial charge in [0.15, 0.2) is 0 Å². The van der Waals surface area contributed by atoms with E-state index in [1.165, 1.54) is 30.4 Å². The molecule has 2 aromatic carbocycles. The Balaban J connectivity index is 1.76. The average molecular weight is 297 g/mol. The minimum atomic E-state index is 0.511. The van der Waals surface area contributed by atoms with Crippen LogP contribution in [0, 0.1) is 11.3 Å². The Morgan fingerprint density at radius 1 is 1.24 bits per heavy atom. The van der Waals surface area contributed by atoms with Crippen LogP contribution in [0.3, 0.4) is 0 Å². The Kier molecular flexibility index (Phi) is 4.13. The van der Waals surface area contributed by atoms with Gasteiger partial charge in [-0.05, 0) is 48.6 Å². The average Bonchev–Trinajstić information content (AvgIpc) is 2.54. The molecule has 0 bridgehead atoms. The molecule has 1 aliphatic rings. The second kappa shape index (κ2) is 6.20. The molecule has 1 unspecified atom stereocenters. The van der Waals surface area contributed by atoms with E-state index in [0.717, 1.165) is 12.2 Å². The van der Waals surface area contributed by atoms with Gasteiger partial charge in [0.05, 0.1) is 22.3 Å². The highest BCUT2D eigenvalue weighted by Gasteiger charge is 2.19. The van der Waals surface area contributed by atoms with Crippen molar-refractivity contribution in [3.05, 3.63) is 64.2 Å². The lowest BCUT2D eigenvalue weighted by molar-refractivity contribution is 0.572. The summed E-state index contributed by atoms with van der Waals surface area (Å²) >= 11 is 6.20. The molecule has 0 fully saturated rings. The summed E-state index contributed by atoms with van der Waals surface area (Å²) in [6, 6.07) is 16.2. The summed E-state index contributed by atoms with van der Waals surface area (Å²) < 4.78 is 0. The topological polar surface area (TPSA) is 35.8 Å². The fraction of sp³-hybridized carbons (Fsp3) is 0.278. The van der Waals surface area contributed by atoms with Crippen molar-refractivity contribution in [2.75, 3.05) is 11.9 Å². The Morgan fingerprint density at radius 3 is 2.95 bits per heavy atom. The first kappa shape index (κ1) is 14.0. The van der Waals surface area contributed by atoms with Gasteiger partial charge in [-0.3, -0.25) is 0 Å². The minimum Gasteiger partial charge on any atom is -0.383 e. The number of nitrogens with one attached hydrogen (secondary N) is 1. The summed E-state index contributed by atoms with van der Waals surface area (Å²) in [7, 11) is 0. The number of nitrogens with zero attached hydrogens (tertiary/aromatic N) is 1. The quantitative estimate of drug-likeness (QED) is 0.887. The van der Waals surface area contributed by atoms with Crippen molar-refractivity contribution in [3.8, 4) is 6.07 Å². The van der Waals surface area contributed by atoms with E-state index in [1.54, 1.807) is 12.1 Å². The fourth-order valence-electron chi connectivity index (χ4n) is 3.03. The molecule has 1 aliphatic carbocycles. The standard InChI is InChI=1S/C18H17ClN2/c19-17-9-8-13(11-20)10-18(17)21-12-15-6-3-5-14-4-1-2-7-16(14)15/h1-2,4,7-10,15,21H,3,5-6,12H2. The number of nitriles is 1. The third-order valence-electron chi connectivity index (χ3n) is 4.13. The van der Waals surface area contributed by atoms with Gasteiger partial charge in [0, 0.05) is 12.5 Å². The Bertz CT molecular complexity index is 688. The maximum absolute atomic E-state index is 8.98. The van der Waals surface area contributed by atoms with Gasteiger partial charge in [0.1, 0.15) is 0 Å². The first-order chi connectivity index (χ1) is 10.3. The van der Waals surface area contributed by atoms with Crippen LogP contribution < -0.4 is 5.32 Å². The molecule has 2 aromatic rings. The van der Waals surface area contributed by atoms with E-state index in [2.05, 4.69) is 35.7 Å². The largest absolute Gasteiger partial charge is 0.383 e. The van der Waals surface area contributed by atoms with Crippen molar-refractivity contribution in [2.45, 2.75) is 25.2 Å². The normalized spacial score (nSPS) is 16.9. The fourth-order valence-corrected chi connectivity index (χ4v) is 3.21. The molecule has 1 N–H and O–H groups in total. The number of fused-ring (bicyclic) bond motifs is 1. The van der Waals surface area contributed by atoms with E-state index in [9.17, 15) is 0 Å². The van der Waals surface area contributed by atoms with Crippen molar-refractivity contribution in [1.82, 2.24) is 0 Å². The highest BCUT2D eigenvalue weighted by Crippen LogP contribution is 2.32. The SMILES string of the molecule is N#Cc1ccc(Cl)c(NCC2CCCc3ccccc32)c1. The molecule has 0 saturated carbocycles. The molecule has 3 heteroatoms. The van der Waals surface area contributed by atoms with E-state index in [-0.39, 0.29) is 0 Å². The highest BCUT2D eigenvalue weighted by atomic mass is 35.5. The molecule has 21 heavy (non-hydrogen) atoms. The molecule has 0 heterocycles. The van der Waals surface area contributed by atoms with Crippen LogP contribution in [-0.2, 0) is 6.42 Å². The number of rotatable bonds is 3. The second-order valence-corrected chi connectivity index (χ2v) is 5.88. The molecule has 0 amide bonds. The maximum Gasteiger partial charge on any atom is 0.0992 e. The van der Waals surface area contributed by atoms with Gasteiger partial charge < -0.3 is 5.32 Å². The van der Waals surface area contributed by atoms with E-state index in [4.69, 9.17) is 16.9 Å². The van der Waals surface area contributed by atoms with Gasteiger partial charge in [-0.25, -0.2) is 0 Å². The van der Waals surface area contributed by atoms with Crippen LogP contribution in [0.2, 0.25) is 5.02 Å². The number of hydrogen-bond donors (Lipinski definition) is 1. The molecule has 0 spiro atoms. The van der Waals surface area contributed by atoms with Gasteiger partial charge in [-0.15, -0.1) is 0 Å². The third kappa shape index (κ3) is 3.04. The van der Waals surface area contributed by atoms with E-state index in [0.29, 0.717) is 16.5 Å². The number of benzene rings is 2. The predicted molar refractivity (Wildman–Crippen MR) is 86.8 cm³/mol. The van der Waals surface area contributed by atoms with Crippen LogP contribution >= 0.6 is 11.6 Å². The molecular formula is C18H17ClN2. The smallest absolute Gasteiger partial charge is 0.0992 e. The van der Waals surface area contributed by atoms with Crippen LogP contribution in [0.15, 0.2) is 42.5 Å². The van der Waals surface area contributed by atoms with Crippen molar-refractivity contribution >= 4 is 17.3 Å². The maximum atomic E-state index is 8.98. The summed E-state index contributed by atoms with van der Waals surface area (Å²) in [6.45, 7) is 0.853. The van der Waals surface area contributed by atoms with Crippen molar-refractivity contribution < 1.29 is 0 Å². The molecule has 2 nitrogen and oxygen atoms in total. The van der Waals surface area contributed by atoms with Crippen LogP contribution in [0.4, 0.5) is 5.69 Å². The van der Waals surface area contributed by atoms with Crippen molar-refractivity contribution in [2.24, 2.45) is 0 Å². The third-order valence-corrected chi connectivity index (χ3v) is 4.46. The van der Waals surface area contributed by atoms with Crippen LogP contribution in [0.5, 0.6) is 0 Å². The van der Waals surface area contributed by atoms with E-state index in [1.807, 2.05) is 6.07 Å². The number of hydrogen-bond acceptors (Lipinski definition) is 2. The van der Waals surface area contributed by atoms with Crippen LogP contribution in [0.1, 0.15) is 35.4 Å². The Hall–Kier alpha value is -1.98. The first-order valence-electron chi connectivity index (χ1n) is 7.29. The van der Waals surface area contributed by atoms with E-state index < -0.39 is 0 Å². The molecule has 0 aliphatic heterocycles. The summed E-state index contributed by atoms with van der Waals surface area (Å²) in [5, 5.41) is 13.1. The predicted octanol–water partition coefficient (Wildman–Crippen LogP) is 4.74. The number of anilines is 1. The molecule has 0 radical (unpaired) electrons. The van der Waals surface area contributed by atoms with Crippen molar-refractivity contribution in [3.63, 3.8) is 0 Å². The van der Waals surface area contributed by atoms with Gasteiger partial charge in [-0.1, -0.05) is 35.9 Å². The monoisotopic (exact) mass is 296 g/mol. The summed E-state index contributed by atoms with van der Waals surface area (Å²) in [6.07, 6.45) is 3.60. The minimum absolute atomic E-state index is 0.511. The second-order valence-electron chi connectivity index (χ2n) is 5.48. The molecule has 0 saturated heterocycles. The Morgan fingerprint density at radius 2 is 2.10 bits per heavy atom. The van der Waals surface area contributed by atoms with Crippen LogP contribution in [0.25, 0.3) is 0 Å². The zero-order chi connectivity index (χ0) is 14.7. The van der Waals surface area contributed by atoms with Gasteiger partial charge in [-0.2, -0.15) is 5.26 Å².